The van der Waals surface area contributed by atoms with Crippen molar-refractivity contribution in [1.82, 2.24) is 9.55 Å². The molecular formula is C77H73N4OPt-3. The van der Waals surface area contributed by atoms with Crippen LogP contribution in [0.15, 0.2) is 219 Å². The molecule has 0 saturated carbocycles. The predicted octanol–water partition coefficient (Wildman–Crippen LogP) is 20.2. The molecule has 0 saturated heterocycles. The normalized spacial score (nSPS) is 13.1. The molecule has 420 valence electrons. The molecule has 11 aromatic rings. The summed E-state index contributed by atoms with van der Waals surface area (Å²) in [4.78, 5) is 9.73. The Kier molecular flexibility index (Phi) is 14.8. The Morgan fingerprint density at radius 1 is 0.398 bits per heavy atom. The summed E-state index contributed by atoms with van der Waals surface area (Å²) in [6, 6.07) is 84.8. The summed E-state index contributed by atoms with van der Waals surface area (Å²) < 4.78 is 9.43. The van der Waals surface area contributed by atoms with Gasteiger partial charge in [0.2, 0.25) is 0 Å². The van der Waals surface area contributed by atoms with E-state index in [-0.39, 0.29) is 42.7 Å². The third kappa shape index (κ3) is 10.7. The number of anilines is 4. The minimum Gasteiger partial charge on any atom is -0.509 e. The molecule has 0 atom stereocenters. The number of aromatic nitrogens is 2. The zero-order valence-electron chi connectivity index (χ0n) is 49.9. The Bertz CT molecular complexity index is 4080. The first kappa shape index (κ1) is 56.9. The van der Waals surface area contributed by atoms with E-state index in [1.807, 2.05) is 6.20 Å². The fraction of sp³-hybridized carbons (Fsp3) is 0.221. The summed E-state index contributed by atoms with van der Waals surface area (Å²) in [6.45, 7) is 29.8. The Labute approximate surface area is 506 Å². The molecule has 0 radical (unpaired) electrons. The van der Waals surface area contributed by atoms with E-state index in [1.54, 1.807) is 0 Å². The van der Waals surface area contributed by atoms with E-state index < -0.39 is 5.41 Å². The number of pyridine rings is 1. The number of fused-ring (bicyclic) bond motifs is 4. The van der Waals surface area contributed by atoms with Gasteiger partial charge in [-0.25, -0.2) is 4.98 Å². The van der Waals surface area contributed by atoms with E-state index in [9.17, 15) is 0 Å². The summed E-state index contributed by atoms with van der Waals surface area (Å²) in [5.41, 5.74) is 16.9. The number of ether oxygens (including phenoxy) is 1. The van der Waals surface area contributed by atoms with Gasteiger partial charge in [-0.3, -0.25) is 0 Å². The SMILES string of the molecule is CC(C)(C)c1ccnc(-n2c3[c-]c(Oc4[c-]c(N5[CH-]N(c6cc(C(C)(C)c7ccccc7)cc(C(C)(C)c7ccccc7)c6)c6ccc(C(C)(C)C)cc65)cc(C(C)(C)c5ccccc5)c4)ccc3c3cc(-c4ccccc4)ccc32)c1.[Pt]. The molecule has 12 rings (SSSR count). The molecule has 0 N–H and O–H groups in total. The molecule has 1 aliphatic rings. The smallest absolute Gasteiger partial charge is 0.135 e. The third-order valence-electron chi connectivity index (χ3n) is 17.3. The maximum absolute atomic E-state index is 7.19. The van der Waals surface area contributed by atoms with Gasteiger partial charge in [0.15, 0.2) is 0 Å². The number of rotatable bonds is 12. The van der Waals surface area contributed by atoms with E-state index in [0.717, 1.165) is 61.5 Å². The van der Waals surface area contributed by atoms with Gasteiger partial charge in [0.05, 0.1) is 0 Å². The second-order valence-corrected chi connectivity index (χ2v) is 25.9. The second kappa shape index (κ2) is 21.6. The third-order valence-corrected chi connectivity index (χ3v) is 17.3. The fourth-order valence-corrected chi connectivity index (χ4v) is 11.8. The largest absolute Gasteiger partial charge is 0.509 e. The minimum absolute atomic E-state index is 0. The van der Waals surface area contributed by atoms with Gasteiger partial charge in [-0.2, -0.15) is 6.07 Å². The first-order valence-electron chi connectivity index (χ1n) is 28.8. The summed E-state index contributed by atoms with van der Waals surface area (Å²) >= 11 is 0. The van der Waals surface area contributed by atoms with Gasteiger partial charge >= 0.3 is 0 Å². The van der Waals surface area contributed by atoms with Gasteiger partial charge in [-0.05, 0) is 114 Å². The molecule has 2 aromatic heterocycles. The van der Waals surface area contributed by atoms with Crippen molar-refractivity contribution in [3.8, 4) is 28.4 Å². The van der Waals surface area contributed by atoms with Crippen molar-refractivity contribution < 1.29 is 25.8 Å². The first-order chi connectivity index (χ1) is 39.1. The van der Waals surface area contributed by atoms with Crippen LogP contribution in [0.25, 0.3) is 38.8 Å². The maximum atomic E-state index is 7.19. The average Bonchev–Trinajstić information content (AvgIpc) is 4.10. The van der Waals surface area contributed by atoms with E-state index >= 15 is 0 Å². The second-order valence-electron chi connectivity index (χ2n) is 25.9. The van der Waals surface area contributed by atoms with Crippen molar-refractivity contribution in [2.24, 2.45) is 0 Å². The van der Waals surface area contributed by atoms with Crippen LogP contribution in [0.4, 0.5) is 22.7 Å². The van der Waals surface area contributed by atoms with Gasteiger partial charge in [-0.15, -0.1) is 53.6 Å². The van der Waals surface area contributed by atoms with Crippen molar-refractivity contribution in [3.63, 3.8) is 0 Å². The van der Waals surface area contributed by atoms with Crippen LogP contribution in [0.2, 0.25) is 0 Å². The molecule has 0 fully saturated rings. The van der Waals surface area contributed by atoms with E-state index in [2.05, 4.69) is 329 Å². The Hall–Kier alpha value is -7.98. The monoisotopic (exact) mass is 1260 g/mol. The van der Waals surface area contributed by atoms with E-state index in [0.29, 0.717) is 11.5 Å². The van der Waals surface area contributed by atoms with Crippen molar-refractivity contribution in [1.29, 1.82) is 0 Å². The first-order valence-corrected chi connectivity index (χ1v) is 28.8. The van der Waals surface area contributed by atoms with Crippen LogP contribution in [0.5, 0.6) is 11.5 Å². The van der Waals surface area contributed by atoms with Crippen molar-refractivity contribution in [2.45, 2.75) is 110 Å². The number of benzene rings is 9. The summed E-state index contributed by atoms with van der Waals surface area (Å²) in [6.07, 6.45) is 1.93. The molecule has 0 aliphatic carbocycles. The van der Waals surface area contributed by atoms with Crippen LogP contribution < -0.4 is 14.5 Å². The molecule has 6 heteroatoms. The fourth-order valence-electron chi connectivity index (χ4n) is 11.8. The molecule has 1 aliphatic heterocycles. The van der Waals surface area contributed by atoms with Crippen LogP contribution in [0.3, 0.4) is 0 Å². The van der Waals surface area contributed by atoms with Crippen molar-refractivity contribution in [3.05, 3.63) is 282 Å². The van der Waals surface area contributed by atoms with Crippen molar-refractivity contribution in [2.75, 3.05) is 9.80 Å². The molecule has 0 amide bonds. The topological polar surface area (TPSA) is 33.5 Å². The molecule has 3 heterocycles. The average molecular weight is 1270 g/mol. The van der Waals surface area contributed by atoms with E-state index in [1.165, 1.54) is 44.5 Å². The van der Waals surface area contributed by atoms with E-state index in [4.69, 9.17) is 9.72 Å². The predicted molar refractivity (Wildman–Crippen MR) is 343 cm³/mol. The molecule has 0 unspecified atom stereocenters. The van der Waals surface area contributed by atoms with Gasteiger partial charge < -0.3 is 19.1 Å². The van der Waals surface area contributed by atoms with Gasteiger partial charge in [0, 0.05) is 72.2 Å². The van der Waals surface area contributed by atoms with Crippen LogP contribution >= 0.6 is 0 Å². The zero-order valence-corrected chi connectivity index (χ0v) is 52.1. The molecule has 0 spiro atoms. The standard InChI is InChI=1S/C77H73N4O.Pt/c1-73(2,3)57-34-38-69-71(47-57)80(51-79(69)62-43-59(75(7,8)54-27-19-14-20-28-54)42-60(44-62)76(9,10)55-29-21-15-22-30-55)63-45-61(77(11,12)56-31-23-16-24-32-56)46-65(49-63)82-64-35-36-66-67-41-53(52-25-17-13-18-26-52)33-37-68(67)81(70(66)50-64)72-48-58(39-40-78-72)74(4,5)6;/h13-48,51H,1-12H3;/q-3;. The number of hydrogen-bond acceptors (Lipinski definition) is 4. The number of nitrogens with zero attached hydrogens (tertiary/aromatic N) is 4. The van der Waals surface area contributed by atoms with Crippen LogP contribution in [-0.2, 0) is 48.1 Å². The molecule has 5 nitrogen and oxygen atoms in total. The van der Waals surface area contributed by atoms with Gasteiger partial charge in [0.1, 0.15) is 5.82 Å². The van der Waals surface area contributed by atoms with Gasteiger partial charge in [-0.1, -0.05) is 234 Å². The Morgan fingerprint density at radius 2 is 0.940 bits per heavy atom. The molecule has 83 heavy (non-hydrogen) atoms. The quantitative estimate of drug-likeness (QED) is 0.114. The van der Waals surface area contributed by atoms with Crippen molar-refractivity contribution >= 4 is 44.6 Å². The Balaban J connectivity index is 0.00000721. The number of hydrogen-bond donors (Lipinski definition) is 0. The summed E-state index contributed by atoms with van der Waals surface area (Å²) in [7, 11) is 0. The maximum Gasteiger partial charge on any atom is 0.135 e. The summed E-state index contributed by atoms with van der Waals surface area (Å²) in [5, 5.41) is 2.19. The minimum atomic E-state index is -0.422. The van der Waals surface area contributed by atoms with Crippen LogP contribution in [-0.4, -0.2) is 9.55 Å². The van der Waals surface area contributed by atoms with Gasteiger partial charge in [0.25, 0.3) is 0 Å². The van der Waals surface area contributed by atoms with Crippen LogP contribution in [0, 0.1) is 18.8 Å². The molecule has 0 bridgehead atoms. The molecular weight excluding hydrogens is 1190 g/mol. The zero-order chi connectivity index (χ0) is 57.3. The Morgan fingerprint density at radius 3 is 1.51 bits per heavy atom. The summed E-state index contributed by atoms with van der Waals surface area (Å²) in [5.74, 6) is 2.01. The molecule has 9 aromatic carbocycles. The van der Waals surface area contributed by atoms with Crippen LogP contribution in [0.1, 0.15) is 128 Å².